The summed E-state index contributed by atoms with van der Waals surface area (Å²) < 4.78 is 13.6. The van der Waals surface area contributed by atoms with E-state index in [0.29, 0.717) is 0 Å². The summed E-state index contributed by atoms with van der Waals surface area (Å²) in [7, 11) is 0. The van der Waals surface area contributed by atoms with Crippen LogP contribution in [0.2, 0.25) is 0 Å². The maximum Gasteiger partial charge on any atom is 0.135 e. The monoisotopic (exact) mass is 676 g/mol. The zero-order chi connectivity index (χ0) is 34.9. The third-order valence-electron chi connectivity index (χ3n) is 11.2. The number of benzene rings is 8. The van der Waals surface area contributed by atoms with Crippen LogP contribution < -0.4 is 4.74 Å². The van der Waals surface area contributed by atoms with E-state index < -0.39 is 5.41 Å². The Kier molecular flexibility index (Phi) is 6.50. The lowest BCUT2D eigenvalue weighted by atomic mass is 9.66. The average molecular weight is 677 g/mol. The molecular weight excluding hydrogens is 645 g/mol. The van der Waals surface area contributed by atoms with Gasteiger partial charge in [-0.2, -0.15) is 0 Å². The van der Waals surface area contributed by atoms with Gasteiger partial charge in [0.25, 0.3) is 0 Å². The maximum absolute atomic E-state index is 6.78. The summed E-state index contributed by atoms with van der Waals surface area (Å²) in [4.78, 5) is 0. The summed E-state index contributed by atoms with van der Waals surface area (Å²) in [5, 5.41) is 2.44. The molecule has 1 aliphatic heterocycles. The van der Waals surface area contributed by atoms with Crippen LogP contribution in [-0.2, 0) is 5.41 Å². The minimum absolute atomic E-state index is 0.486. The minimum Gasteiger partial charge on any atom is -0.457 e. The average Bonchev–Trinajstić information content (AvgIpc) is 3.83. The normalized spacial score (nSPS) is 13.2. The number of fused-ring (bicyclic) bond motifs is 10. The molecule has 53 heavy (non-hydrogen) atoms. The van der Waals surface area contributed by atoms with Crippen molar-refractivity contribution in [1.29, 1.82) is 0 Å². The number of hydrogen-bond acceptors (Lipinski definition) is 2. The van der Waals surface area contributed by atoms with Gasteiger partial charge >= 0.3 is 0 Å². The van der Waals surface area contributed by atoms with Crippen molar-refractivity contribution in [2.75, 3.05) is 0 Å². The highest BCUT2D eigenvalue weighted by atomic mass is 16.5. The van der Waals surface area contributed by atoms with E-state index in [4.69, 9.17) is 9.15 Å². The second-order valence-corrected chi connectivity index (χ2v) is 13.9. The van der Waals surface area contributed by atoms with E-state index >= 15 is 0 Å². The summed E-state index contributed by atoms with van der Waals surface area (Å²) in [5.74, 6) is 3.34. The second-order valence-electron chi connectivity index (χ2n) is 13.9. The molecule has 0 bridgehead atoms. The van der Waals surface area contributed by atoms with Gasteiger partial charge in [-0.05, 0) is 79.5 Å². The first kappa shape index (κ1) is 29.8. The Morgan fingerprint density at radius 1 is 0.321 bits per heavy atom. The summed E-state index contributed by atoms with van der Waals surface area (Å²) in [6, 6.07) is 69.2. The Hall–Kier alpha value is -6.90. The van der Waals surface area contributed by atoms with Crippen LogP contribution in [0.3, 0.4) is 0 Å². The number of rotatable bonds is 4. The van der Waals surface area contributed by atoms with Crippen LogP contribution in [0.4, 0.5) is 0 Å². The van der Waals surface area contributed by atoms with Gasteiger partial charge in [-0.25, -0.2) is 0 Å². The van der Waals surface area contributed by atoms with Crippen LogP contribution in [0, 0.1) is 0 Å². The van der Waals surface area contributed by atoms with Crippen LogP contribution in [0.5, 0.6) is 11.5 Å². The molecule has 2 heteroatoms. The largest absolute Gasteiger partial charge is 0.457 e. The molecule has 1 spiro atoms. The van der Waals surface area contributed by atoms with Crippen molar-refractivity contribution in [1.82, 2.24) is 0 Å². The van der Waals surface area contributed by atoms with Crippen molar-refractivity contribution in [2.24, 2.45) is 0 Å². The first-order valence-corrected chi connectivity index (χ1v) is 18.2. The smallest absolute Gasteiger partial charge is 0.135 e. The lowest BCUT2D eigenvalue weighted by Gasteiger charge is -2.39. The number of para-hydroxylation sites is 1. The second kappa shape index (κ2) is 11.6. The fourth-order valence-corrected chi connectivity index (χ4v) is 9.01. The van der Waals surface area contributed by atoms with Gasteiger partial charge in [-0.15, -0.1) is 0 Å². The van der Waals surface area contributed by atoms with Gasteiger partial charge in [0, 0.05) is 22.3 Å². The van der Waals surface area contributed by atoms with Crippen LogP contribution in [-0.4, -0.2) is 0 Å². The third kappa shape index (κ3) is 4.33. The van der Waals surface area contributed by atoms with Gasteiger partial charge in [0.15, 0.2) is 0 Å². The van der Waals surface area contributed by atoms with Gasteiger partial charge in [0.05, 0.1) is 5.41 Å². The Balaban J connectivity index is 1.04. The van der Waals surface area contributed by atoms with E-state index in [1.165, 1.54) is 55.3 Å². The topological polar surface area (TPSA) is 22.4 Å². The SMILES string of the molecule is c1ccc(-c2cccc3cccc(-c4ccccc4-c4ccc(-c5ccc6c(c5)Oc5ccccc5C65c6ccccc6-c6ccccc65)o4)c23)cc1. The van der Waals surface area contributed by atoms with Crippen molar-refractivity contribution >= 4 is 10.8 Å². The van der Waals surface area contributed by atoms with Crippen molar-refractivity contribution in [3.05, 3.63) is 216 Å². The molecule has 11 rings (SSSR count). The Morgan fingerprint density at radius 3 is 1.64 bits per heavy atom. The van der Waals surface area contributed by atoms with Crippen molar-refractivity contribution in [3.63, 3.8) is 0 Å². The summed E-state index contributed by atoms with van der Waals surface area (Å²) >= 11 is 0. The number of ether oxygens (including phenoxy) is 1. The summed E-state index contributed by atoms with van der Waals surface area (Å²) in [6.45, 7) is 0. The highest BCUT2D eigenvalue weighted by Crippen LogP contribution is 2.62. The van der Waals surface area contributed by atoms with Crippen LogP contribution >= 0.6 is 0 Å². The van der Waals surface area contributed by atoms with E-state index in [-0.39, 0.29) is 0 Å². The fraction of sp³-hybridized carbons (Fsp3) is 0.0196. The number of hydrogen-bond donors (Lipinski definition) is 0. The fourth-order valence-electron chi connectivity index (χ4n) is 9.01. The highest BCUT2D eigenvalue weighted by molar-refractivity contribution is 6.08. The van der Waals surface area contributed by atoms with Crippen molar-refractivity contribution in [2.45, 2.75) is 5.41 Å². The van der Waals surface area contributed by atoms with Gasteiger partial charge in [0.2, 0.25) is 0 Å². The predicted molar refractivity (Wildman–Crippen MR) is 215 cm³/mol. The molecule has 8 aromatic carbocycles. The van der Waals surface area contributed by atoms with Gasteiger partial charge in [-0.1, -0.05) is 170 Å². The van der Waals surface area contributed by atoms with E-state index in [0.717, 1.165) is 45.3 Å². The summed E-state index contributed by atoms with van der Waals surface area (Å²) in [6.07, 6.45) is 0. The molecule has 0 N–H and O–H groups in total. The van der Waals surface area contributed by atoms with Gasteiger partial charge in [-0.3, -0.25) is 0 Å². The molecule has 0 saturated heterocycles. The molecule has 9 aromatic rings. The molecule has 2 aliphatic rings. The predicted octanol–water partition coefficient (Wildman–Crippen LogP) is 13.6. The number of furan rings is 1. The Labute approximate surface area is 308 Å². The Bertz CT molecular complexity index is 2830. The molecule has 2 nitrogen and oxygen atoms in total. The minimum atomic E-state index is -0.486. The summed E-state index contributed by atoms with van der Waals surface area (Å²) in [5.41, 5.74) is 13.7. The molecule has 0 radical (unpaired) electrons. The van der Waals surface area contributed by atoms with Crippen LogP contribution in [0.15, 0.2) is 199 Å². The van der Waals surface area contributed by atoms with Gasteiger partial charge < -0.3 is 9.15 Å². The maximum atomic E-state index is 6.78. The molecule has 2 heterocycles. The van der Waals surface area contributed by atoms with E-state index in [9.17, 15) is 0 Å². The van der Waals surface area contributed by atoms with E-state index in [2.05, 4.69) is 194 Å². The molecule has 0 unspecified atom stereocenters. The quantitative estimate of drug-likeness (QED) is 0.185. The molecule has 1 aliphatic carbocycles. The van der Waals surface area contributed by atoms with Crippen LogP contribution in [0.25, 0.3) is 66.8 Å². The van der Waals surface area contributed by atoms with E-state index in [1.807, 2.05) is 0 Å². The first-order chi connectivity index (χ1) is 26.3. The lowest BCUT2D eigenvalue weighted by Crippen LogP contribution is -2.32. The third-order valence-corrected chi connectivity index (χ3v) is 11.2. The van der Waals surface area contributed by atoms with Crippen LogP contribution in [0.1, 0.15) is 22.3 Å². The first-order valence-electron chi connectivity index (χ1n) is 18.2. The molecule has 0 atom stereocenters. The molecule has 248 valence electrons. The molecule has 1 aromatic heterocycles. The highest BCUT2D eigenvalue weighted by Gasteiger charge is 2.50. The zero-order valence-corrected chi connectivity index (χ0v) is 28.8. The standard InChI is InChI=1S/C51H32O2/c1-2-14-33(15-3-1)36-22-12-16-34-17-13-23-41(50(34)36)37-18-4-5-21-40(37)47-31-30-46(52-47)35-28-29-45-49(32-35)53-48-27-11-10-26-44(48)51(45)42-24-8-6-19-38(42)39-20-7-9-25-43(39)51/h1-32H. The molecule has 0 fully saturated rings. The van der Waals surface area contributed by atoms with Gasteiger partial charge in [0.1, 0.15) is 23.0 Å². The van der Waals surface area contributed by atoms with Crippen molar-refractivity contribution in [3.8, 4) is 67.5 Å². The lowest BCUT2D eigenvalue weighted by molar-refractivity contribution is 0.436. The zero-order valence-electron chi connectivity index (χ0n) is 28.8. The molecule has 0 saturated carbocycles. The Morgan fingerprint density at radius 2 is 0.887 bits per heavy atom. The van der Waals surface area contributed by atoms with E-state index in [1.54, 1.807) is 0 Å². The molecule has 0 amide bonds. The van der Waals surface area contributed by atoms with Crippen molar-refractivity contribution < 1.29 is 9.15 Å². The molecular formula is C51H32O2.